The number of nitrogens with zero attached hydrogens (tertiary/aromatic N) is 1. The molecule has 0 radical (unpaired) electrons. The molecule has 0 saturated heterocycles. The largest absolute Gasteiger partial charge is 0.312 e. The molecule has 0 aliphatic carbocycles. The Hall–Kier alpha value is -0.980. The van der Waals surface area contributed by atoms with Crippen LogP contribution in [-0.2, 0) is 13.0 Å². The number of rotatable bonds is 1. The van der Waals surface area contributed by atoms with Crippen LogP contribution in [0.4, 0.5) is 4.39 Å². The van der Waals surface area contributed by atoms with Crippen LogP contribution in [0.2, 0.25) is 0 Å². The lowest BCUT2D eigenvalue weighted by atomic mass is 10.1. The lowest BCUT2D eigenvalue weighted by molar-refractivity contribution is 0.0954. The first-order valence-corrected chi connectivity index (χ1v) is 8.18. The highest BCUT2D eigenvalue weighted by Crippen LogP contribution is 2.35. The molecule has 0 bridgehead atoms. The van der Waals surface area contributed by atoms with E-state index in [4.69, 9.17) is 0 Å². The predicted octanol–water partition coefficient (Wildman–Crippen LogP) is 3.79. The second-order valence-electron chi connectivity index (χ2n) is 5.06. The number of benzene rings is 1. The fourth-order valence-electron chi connectivity index (χ4n) is 2.58. The van der Waals surface area contributed by atoms with Gasteiger partial charge in [-0.15, -0.1) is 0 Å². The molecule has 0 spiro atoms. The molecular formula is C15H13Br2FN2O. The second-order valence-corrected chi connectivity index (χ2v) is 6.61. The molecule has 6 heteroatoms. The van der Waals surface area contributed by atoms with Crippen LogP contribution in [0.5, 0.6) is 0 Å². The van der Waals surface area contributed by atoms with E-state index in [1.54, 1.807) is 17.6 Å². The van der Waals surface area contributed by atoms with E-state index >= 15 is 0 Å². The molecule has 3 nitrogen and oxygen atoms in total. The number of hydrogen-bond donors (Lipinski definition) is 1. The summed E-state index contributed by atoms with van der Waals surface area (Å²) in [4.78, 5) is 12.8. The summed E-state index contributed by atoms with van der Waals surface area (Å²) in [5.41, 5.74) is 3.05. The third-order valence-electron chi connectivity index (χ3n) is 3.71. The molecule has 1 aromatic carbocycles. The molecule has 0 fully saturated rings. The van der Waals surface area contributed by atoms with E-state index < -0.39 is 0 Å². The minimum absolute atomic E-state index is 0.145. The Bertz CT molecular complexity index is 740. The number of carbonyl (C=O) groups is 1. The van der Waals surface area contributed by atoms with Gasteiger partial charge in [-0.25, -0.2) is 4.39 Å². The highest BCUT2D eigenvalue weighted by molar-refractivity contribution is 9.13. The minimum atomic E-state index is -0.300. The Kier molecular flexibility index (Phi) is 4.03. The summed E-state index contributed by atoms with van der Waals surface area (Å²) in [7, 11) is 0. The van der Waals surface area contributed by atoms with Gasteiger partial charge in [-0.3, -0.25) is 9.36 Å². The first-order chi connectivity index (χ1) is 10.0. The summed E-state index contributed by atoms with van der Waals surface area (Å²) in [5.74, 6) is -0.445. The lowest BCUT2D eigenvalue weighted by Gasteiger charge is -2.16. The van der Waals surface area contributed by atoms with E-state index in [2.05, 4.69) is 37.2 Å². The normalized spacial score (nSPS) is 14.1. The van der Waals surface area contributed by atoms with Gasteiger partial charge in [0.2, 0.25) is 0 Å². The fraction of sp³-hybridized carbons (Fsp3) is 0.267. The van der Waals surface area contributed by atoms with Crippen LogP contribution in [0.25, 0.3) is 0 Å². The predicted molar refractivity (Wildman–Crippen MR) is 86.1 cm³/mol. The standard InChI is InChI=1S/C15H13Br2FN2O/c1-8-6-9(2-3-11(8)18)15(21)20-12-4-5-19-7-10(12)13(16)14(20)17/h2-3,6,19H,4-5,7H2,1H3. The van der Waals surface area contributed by atoms with Crippen molar-refractivity contribution in [1.82, 2.24) is 9.88 Å². The first kappa shape index (κ1) is 14.9. The molecule has 0 atom stereocenters. The summed E-state index contributed by atoms with van der Waals surface area (Å²) in [6, 6.07) is 4.45. The quantitative estimate of drug-likeness (QED) is 0.768. The molecule has 1 N–H and O–H groups in total. The molecule has 110 valence electrons. The van der Waals surface area contributed by atoms with Gasteiger partial charge in [-0.05, 0) is 62.5 Å². The van der Waals surface area contributed by atoms with E-state index in [0.29, 0.717) is 15.7 Å². The molecule has 1 aliphatic rings. The molecule has 1 aromatic heterocycles. The maximum Gasteiger partial charge on any atom is 0.263 e. The van der Waals surface area contributed by atoms with Crippen molar-refractivity contribution >= 4 is 37.8 Å². The smallest absolute Gasteiger partial charge is 0.263 e. The van der Waals surface area contributed by atoms with Gasteiger partial charge in [0.15, 0.2) is 0 Å². The van der Waals surface area contributed by atoms with E-state index in [1.165, 1.54) is 12.1 Å². The summed E-state index contributed by atoms with van der Waals surface area (Å²) in [5, 5.41) is 3.29. The van der Waals surface area contributed by atoms with Gasteiger partial charge >= 0.3 is 0 Å². The number of halogens is 3. The molecule has 0 saturated carbocycles. The van der Waals surface area contributed by atoms with Crippen LogP contribution in [-0.4, -0.2) is 17.0 Å². The Balaban J connectivity index is 2.11. The fourth-order valence-corrected chi connectivity index (χ4v) is 3.74. The van der Waals surface area contributed by atoms with Crippen molar-refractivity contribution in [2.45, 2.75) is 19.9 Å². The van der Waals surface area contributed by atoms with Gasteiger partial charge in [0.1, 0.15) is 10.4 Å². The van der Waals surface area contributed by atoms with Crippen molar-refractivity contribution in [3.63, 3.8) is 0 Å². The van der Waals surface area contributed by atoms with Gasteiger partial charge in [0.05, 0.1) is 4.47 Å². The molecular weight excluding hydrogens is 403 g/mol. The maximum absolute atomic E-state index is 13.4. The molecule has 21 heavy (non-hydrogen) atoms. The molecule has 2 heterocycles. The molecule has 3 rings (SSSR count). The summed E-state index contributed by atoms with van der Waals surface area (Å²) in [6.45, 7) is 3.23. The van der Waals surface area contributed by atoms with Crippen molar-refractivity contribution in [2.75, 3.05) is 6.54 Å². The number of fused-ring (bicyclic) bond motifs is 1. The first-order valence-electron chi connectivity index (χ1n) is 6.59. The lowest BCUT2D eigenvalue weighted by Crippen LogP contribution is -2.26. The van der Waals surface area contributed by atoms with E-state index in [1.807, 2.05) is 0 Å². The summed E-state index contributed by atoms with van der Waals surface area (Å²) in [6.07, 6.45) is 0.783. The monoisotopic (exact) mass is 414 g/mol. The number of carbonyl (C=O) groups excluding carboxylic acids is 1. The zero-order valence-electron chi connectivity index (χ0n) is 11.3. The van der Waals surface area contributed by atoms with Crippen LogP contribution in [0.15, 0.2) is 27.3 Å². The van der Waals surface area contributed by atoms with Crippen LogP contribution in [0, 0.1) is 12.7 Å². The van der Waals surface area contributed by atoms with Crippen LogP contribution < -0.4 is 5.32 Å². The third kappa shape index (κ3) is 2.49. The number of aromatic nitrogens is 1. The SMILES string of the molecule is Cc1cc(C(=O)n2c(Br)c(Br)c3c2CCNC3)ccc1F. The van der Waals surface area contributed by atoms with E-state index in [9.17, 15) is 9.18 Å². The van der Waals surface area contributed by atoms with Crippen LogP contribution in [0.1, 0.15) is 27.2 Å². The Labute approximate surface area is 138 Å². The van der Waals surface area contributed by atoms with Crippen molar-refractivity contribution in [2.24, 2.45) is 0 Å². The minimum Gasteiger partial charge on any atom is -0.312 e. The molecule has 1 aliphatic heterocycles. The van der Waals surface area contributed by atoms with Gasteiger partial charge < -0.3 is 5.32 Å². The summed E-state index contributed by atoms with van der Waals surface area (Å²) >= 11 is 7.02. The van der Waals surface area contributed by atoms with E-state index in [-0.39, 0.29) is 11.7 Å². The Morgan fingerprint density at radius 2 is 2.14 bits per heavy atom. The highest BCUT2D eigenvalue weighted by atomic mass is 79.9. The van der Waals surface area contributed by atoms with E-state index in [0.717, 1.165) is 35.2 Å². The maximum atomic E-state index is 13.4. The zero-order valence-corrected chi connectivity index (χ0v) is 14.5. The average molecular weight is 416 g/mol. The van der Waals surface area contributed by atoms with Crippen molar-refractivity contribution < 1.29 is 9.18 Å². The van der Waals surface area contributed by atoms with Crippen molar-refractivity contribution in [1.29, 1.82) is 0 Å². The van der Waals surface area contributed by atoms with Crippen molar-refractivity contribution in [3.05, 3.63) is 55.5 Å². The number of nitrogens with one attached hydrogen (secondary N) is 1. The number of hydrogen-bond acceptors (Lipinski definition) is 2. The van der Waals surface area contributed by atoms with Crippen LogP contribution >= 0.6 is 31.9 Å². The Morgan fingerprint density at radius 1 is 1.38 bits per heavy atom. The van der Waals surface area contributed by atoms with Crippen molar-refractivity contribution in [3.8, 4) is 0 Å². The van der Waals surface area contributed by atoms with Gasteiger partial charge in [-0.1, -0.05) is 0 Å². The summed E-state index contributed by atoms with van der Waals surface area (Å²) < 4.78 is 16.7. The Morgan fingerprint density at radius 3 is 2.86 bits per heavy atom. The molecule has 2 aromatic rings. The second kappa shape index (κ2) is 5.66. The van der Waals surface area contributed by atoms with Gasteiger partial charge in [0.25, 0.3) is 5.91 Å². The van der Waals surface area contributed by atoms with Gasteiger partial charge in [-0.2, -0.15) is 0 Å². The number of aryl methyl sites for hydroxylation is 1. The average Bonchev–Trinajstić information content (AvgIpc) is 2.74. The van der Waals surface area contributed by atoms with Gasteiger partial charge in [0, 0.05) is 36.3 Å². The van der Waals surface area contributed by atoms with Crippen LogP contribution in [0.3, 0.4) is 0 Å². The zero-order chi connectivity index (χ0) is 15.1. The topological polar surface area (TPSA) is 34.0 Å². The molecule has 0 unspecified atom stereocenters. The highest BCUT2D eigenvalue weighted by Gasteiger charge is 2.26. The molecule has 0 amide bonds. The third-order valence-corrected chi connectivity index (χ3v) is 5.85.